The lowest BCUT2D eigenvalue weighted by atomic mass is 10.0. The van der Waals surface area contributed by atoms with Gasteiger partial charge in [0.1, 0.15) is 5.75 Å². The van der Waals surface area contributed by atoms with Gasteiger partial charge in [-0.15, -0.1) is 0 Å². The molecule has 1 aliphatic heterocycles. The first kappa shape index (κ1) is 10.4. The van der Waals surface area contributed by atoms with Crippen LogP contribution in [0.4, 0.5) is 0 Å². The van der Waals surface area contributed by atoms with Crippen LogP contribution in [0.1, 0.15) is 22.3 Å². The number of carbonyl (C=O) groups is 2. The Morgan fingerprint density at radius 1 is 1.44 bits per heavy atom. The highest BCUT2D eigenvalue weighted by atomic mass is 16.5. The second-order valence-corrected chi connectivity index (χ2v) is 3.42. The van der Waals surface area contributed by atoms with Crippen LogP contribution in [0.15, 0.2) is 24.3 Å². The molecule has 0 atom stereocenters. The number of ketones is 1. The summed E-state index contributed by atoms with van der Waals surface area (Å²) in [4.78, 5) is 22.0. The Morgan fingerprint density at radius 2 is 2.25 bits per heavy atom. The van der Waals surface area contributed by atoms with Crippen molar-refractivity contribution in [1.82, 2.24) is 0 Å². The number of para-hydroxylation sites is 1. The predicted molar refractivity (Wildman–Crippen MR) is 57.6 cm³/mol. The minimum absolute atomic E-state index is 0.0341. The van der Waals surface area contributed by atoms with Crippen molar-refractivity contribution < 1.29 is 19.4 Å². The first-order valence-corrected chi connectivity index (χ1v) is 4.88. The van der Waals surface area contributed by atoms with Gasteiger partial charge in [-0.25, -0.2) is 4.79 Å². The van der Waals surface area contributed by atoms with Crippen LogP contribution in [-0.2, 0) is 4.79 Å². The van der Waals surface area contributed by atoms with Crippen LogP contribution in [0, 0.1) is 0 Å². The summed E-state index contributed by atoms with van der Waals surface area (Å²) in [7, 11) is 0. The Balaban J connectivity index is 2.43. The summed E-state index contributed by atoms with van der Waals surface area (Å²) in [6, 6.07) is 5.12. The van der Waals surface area contributed by atoms with Crippen LogP contribution in [0.25, 0.3) is 6.08 Å². The number of ether oxygens (including phenoxy) is 1. The molecule has 1 aromatic rings. The Labute approximate surface area is 92.2 Å². The smallest absolute Gasteiger partial charge is 0.328 e. The highest BCUT2D eigenvalue weighted by Crippen LogP contribution is 2.29. The van der Waals surface area contributed by atoms with Crippen LogP contribution in [0.5, 0.6) is 5.75 Å². The predicted octanol–water partition coefficient (Wildman–Crippen LogP) is 1.75. The first-order chi connectivity index (χ1) is 7.68. The molecule has 0 saturated heterocycles. The number of fused-ring (bicyclic) bond motifs is 1. The number of hydrogen-bond acceptors (Lipinski definition) is 3. The molecule has 4 nitrogen and oxygen atoms in total. The van der Waals surface area contributed by atoms with Crippen molar-refractivity contribution in [1.29, 1.82) is 0 Å². The topological polar surface area (TPSA) is 63.6 Å². The molecule has 16 heavy (non-hydrogen) atoms. The van der Waals surface area contributed by atoms with E-state index in [4.69, 9.17) is 9.84 Å². The Hall–Kier alpha value is -2.10. The zero-order chi connectivity index (χ0) is 11.5. The molecule has 82 valence electrons. The largest absolute Gasteiger partial charge is 0.492 e. The second-order valence-electron chi connectivity index (χ2n) is 3.42. The van der Waals surface area contributed by atoms with Crippen molar-refractivity contribution in [2.24, 2.45) is 0 Å². The third-order valence-corrected chi connectivity index (χ3v) is 2.33. The van der Waals surface area contributed by atoms with Crippen LogP contribution in [0.2, 0.25) is 0 Å². The summed E-state index contributed by atoms with van der Waals surface area (Å²) in [5.41, 5.74) is 1.15. The van der Waals surface area contributed by atoms with Gasteiger partial charge in [0.25, 0.3) is 0 Å². The van der Waals surface area contributed by atoms with Gasteiger partial charge in [-0.2, -0.15) is 0 Å². The SMILES string of the molecule is O=C(O)/C=C/c1cccc2c1OCCC2=O. The van der Waals surface area contributed by atoms with Gasteiger partial charge in [0.15, 0.2) is 5.78 Å². The zero-order valence-electron chi connectivity index (χ0n) is 8.47. The third kappa shape index (κ3) is 1.95. The van der Waals surface area contributed by atoms with E-state index in [1.165, 1.54) is 6.08 Å². The summed E-state index contributed by atoms with van der Waals surface area (Å²) in [6.07, 6.45) is 2.83. The molecule has 2 rings (SSSR count). The molecule has 1 aromatic carbocycles. The molecule has 0 radical (unpaired) electrons. The van der Waals surface area contributed by atoms with Crippen molar-refractivity contribution in [2.75, 3.05) is 6.61 Å². The number of Topliss-reactive ketones (excluding diaryl/α,β-unsaturated/α-hetero) is 1. The number of carboxylic acid groups (broad SMARTS) is 1. The fraction of sp³-hybridized carbons (Fsp3) is 0.167. The molecule has 0 fully saturated rings. The average Bonchev–Trinajstić information content (AvgIpc) is 2.27. The van der Waals surface area contributed by atoms with E-state index in [2.05, 4.69) is 0 Å². The average molecular weight is 218 g/mol. The van der Waals surface area contributed by atoms with Crippen molar-refractivity contribution in [2.45, 2.75) is 6.42 Å². The van der Waals surface area contributed by atoms with Gasteiger partial charge < -0.3 is 9.84 Å². The lowest BCUT2D eigenvalue weighted by Gasteiger charge is -2.17. The van der Waals surface area contributed by atoms with Crippen molar-refractivity contribution >= 4 is 17.8 Å². The van der Waals surface area contributed by atoms with Crippen LogP contribution in [0.3, 0.4) is 0 Å². The number of rotatable bonds is 2. The van der Waals surface area contributed by atoms with E-state index >= 15 is 0 Å². The van der Waals surface area contributed by atoms with Gasteiger partial charge >= 0.3 is 5.97 Å². The van der Waals surface area contributed by atoms with Crippen molar-refractivity contribution in [3.05, 3.63) is 35.4 Å². The van der Waals surface area contributed by atoms with Crippen LogP contribution < -0.4 is 4.74 Å². The molecule has 0 bridgehead atoms. The summed E-state index contributed by atoms with van der Waals surface area (Å²) in [5.74, 6) is -0.511. The Bertz CT molecular complexity index is 474. The number of carbonyl (C=O) groups excluding carboxylic acids is 1. The maximum absolute atomic E-state index is 11.6. The molecule has 0 saturated carbocycles. The lowest BCUT2D eigenvalue weighted by molar-refractivity contribution is -0.131. The second kappa shape index (κ2) is 4.18. The number of benzene rings is 1. The van der Waals surface area contributed by atoms with Crippen LogP contribution in [-0.4, -0.2) is 23.5 Å². The molecule has 0 spiro atoms. The molecular weight excluding hydrogens is 208 g/mol. The normalized spacial score (nSPS) is 14.6. The van der Waals surface area contributed by atoms with E-state index in [-0.39, 0.29) is 5.78 Å². The van der Waals surface area contributed by atoms with E-state index in [9.17, 15) is 9.59 Å². The maximum atomic E-state index is 11.6. The minimum atomic E-state index is -1.03. The zero-order valence-corrected chi connectivity index (χ0v) is 8.47. The summed E-state index contributed by atoms with van der Waals surface area (Å²) in [5, 5.41) is 8.54. The third-order valence-electron chi connectivity index (χ3n) is 2.33. The number of carboxylic acids is 1. The fourth-order valence-corrected chi connectivity index (χ4v) is 1.61. The molecule has 0 unspecified atom stereocenters. The molecule has 1 aliphatic rings. The van der Waals surface area contributed by atoms with Gasteiger partial charge in [0.2, 0.25) is 0 Å². The van der Waals surface area contributed by atoms with E-state index in [1.807, 2.05) is 0 Å². The highest BCUT2D eigenvalue weighted by Gasteiger charge is 2.19. The maximum Gasteiger partial charge on any atom is 0.328 e. The van der Waals surface area contributed by atoms with Gasteiger partial charge in [-0.3, -0.25) is 4.79 Å². The fourth-order valence-electron chi connectivity index (χ4n) is 1.61. The molecule has 4 heteroatoms. The van der Waals surface area contributed by atoms with E-state index in [1.54, 1.807) is 18.2 Å². The molecular formula is C12H10O4. The number of hydrogen-bond donors (Lipinski definition) is 1. The molecule has 0 amide bonds. The van der Waals surface area contributed by atoms with Gasteiger partial charge in [-0.05, 0) is 12.1 Å². The Kier molecular flexibility index (Phi) is 2.72. The minimum Gasteiger partial charge on any atom is -0.492 e. The van der Waals surface area contributed by atoms with E-state index in [0.29, 0.717) is 29.9 Å². The molecule has 0 aromatic heterocycles. The summed E-state index contributed by atoms with van der Waals surface area (Å²) < 4.78 is 5.39. The quantitative estimate of drug-likeness (QED) is 0.768. The first-order valence-electron chi connectivity index (χ1n) is 4.88. The van der Waals surface area contributed by atoms with Crippen LogP contribution >= 0.6 is 0 Å². The van der Waals surface area contributed by atoms with Crippen molar-refractivity contribution in [3.8, 4) is 5.75 Å². The lowest BCUT2D eigenvalue weighted by Crippen LogP contribution is -2.15. The summed E-state index contributed by atoms with van der Waals surface area (Å²) in [6.45, 7) is 0.351. The molecule has 0 aliphatic carbocycles. The highest BCUT2D eigenvalue weighted by molar-refractivity contribution is 6.01. The Morgan fingerprint density at radius 3 is 3.00 bits per heavy atom. The molecule has 1 N–H and O–H groups in total. The summed E-state index contributed by atoms with van der Waals surface area (Å²) >= 11 is 0. The monoisotopic (exact) mass is 218 g/mol. The van der Waals surface area contributed by atoms with Crippen molar-refractivity contribution in [3.63, 3.8) is 0 Å². The standard InChI is InChI=1S/C12H10O4/c13-10-6-7-16-12-8(4-5-11(14)15)2-1-3-9(10)12/h1-5H,6-7H2,(H,14,15)/b5-4+. The van der Waals surface area contributed by atoms with Gasteiger partial charge in [0.05, 0.1) is 12.2 Å². The number of aliphatic carboxylic acids is 1. The van der Waals surface area contributed by atoms with Gasteiger partial charge in [0, 0.05) is 18.1 Å². The van der Waals surface area contributed by atoms with E-state index in [0.717, 1.165) is 6.08 Å². The van der Waals surface area contributed by atoms with E-state index < -0.39 is 5.97 Å². The molecule has 1 heterocycles. The van der Waals surface area contributed by atoms with Gasteiger partial charge in [-0.1, -0.05) is 12.1 Å².